The minimum Gasteiger partial charge on any atom is -0.449 e. The van der Waals surface area contributed by atoms with Gasteiger partial charge in [-0.15, -0.1) is 0 Å². The molecule has 0 aliphatic rings. The SMILES string of the molecule is C=C(CI)OC(=O)O. The summed E-state index contributed by atoms with van der Waals surface area (Å²) in [4.78, 5) is 9.68. The highest BCUT2D eigenvalue weighted by molar-refractivity contribution is 14.1. The molecule has 0 amide bonds. The van der Waals surface area contributed by atoms with E-state index in [1.165, 1.54) is 0 Å². The van der Waals surface area contributed by atoms with Crippen molar-refractivity contribution in [3.8, 4) is 0 Å². The summed E-state index contributed by atoms with van der Waals surface area (Å²) in [5, 5.41) is 7.93. The second-order valence-corrected chi connectivity index (χ2v) is 1.80. The molecule has 0 fully saturated rings. The lowest BCUT2D eigenvalue weighted by Crippen LogP contribution is -1.99. The Morgan fingerprint density at radius 3 is 2.50 bits per heavy atom. The van der Waals surface area contributed by atoms with Crippen LogP contribution in [0.3, 0.4) is 0 Å². The summed E-state index contributed by atoms with van der Waals surface area (Å²) in [5.74, 6) is 0.262. The molecule has 0 heterocycles. The fourth-order valence-corrected chi connectivity index (χ4v) is 0.306. The lowest BCUT2D eigenvalue weighted by Gasteiger charge is -1.95. The predicted octanol–water partition coefficient (Wildman–Crippen LogP) is 1.63. The quantitative estimate of drug-likeness (QED) is 0.338. The Bertz CT molecular complexity index is 110. The van der Waals surface area contributed by atoms with E-state index in [4.69, 9.17) is 5.11 Å². The fraction of sp³-hybridized carbons (Fsp3) is 0.250. The molecule has 0 bridgehead atoms. The first-order chi connectivity index (χ1) is 3.66. The molecule has 0 spiro atoms. The van der Waals surface area contributed by atoms with Crippen molar-refractivity contribution in [2.45, 2.75) is 0 Å². The molecule has 0 aromatic heterocycles. The smallest absolute Gasteiger partial charge is 0.449 e. The van der Waals surface area contributed by atoms with E-state index in [0.29, 0.717) is 4.43 Å². The summed E-state index contributed by atoms with van der Waals surface area (Å²) >= 11 is 1.96. The van der Waals surface area contributed by atoms with Gasteiger partial charge in [-0.05, 0) is 0 Å². The molecule has 0 radical (unpaired) electrons. The van der Waals surface area contributed by atoms with Gasteiger partial charge in [0.15, 0.2) is 0 Å². The van der Waals surface area contributed by atoms with E-state index in [9.17, 15) is 4.79 Å². The van der Waals surface area contributed by atoms with Gasteiger partial charge in [-0.3, -0.25) is 0 Å². The van der Waals surface area contributed by atoms with Crippen LogP contribution in [0.4, 0.5) is 4.79 Å². The van der Waals surface area contributed by atoms with Gasteiger partial charge in [0.1, 0.15) is 5.76 Å². The number of halogens is 1. The molecule has 0 saturated carbocycles. The molecule has 0 saturated heterocycles. The summed E-state index contributed by atoms with van der Waals surface area (Å²) in [6, 6.07) is 0. The van der Waals surface area contributed by atoms with Gasteiger partial charge in [-0.1, -0.05) is 29.2 Å². The van der Waals surface area contributed by atoms with E-state index in [-0.39, 0.29) is 5.76 Å². The minimum atomic E-state index is -1.30. The van der Waals surface area contributed by atoms with Crippen LogP contribution in [0, 0.1) is 0 Å². The van der Waals surface area contributed by atoms with Gasteiger partial charge in [0.2, 0.25) is 0 Å². The number of carboxylic acid groups (broad SMARTS) is 1. The lowest BCUT2D eigenvalue weighted by molar-refractivity contribution is 0.120. The number of ether oxygens (including phenoxy) is 1. The number of rotatable bonds is 2. The summed E-state index contributed by atoms with van der Waals surface area (Å²) in [6.45, 7) is 3.30. The first kappa shape index (κ1) is 7.74. The summed E-state index contributed by atoms with van der Waals surface area (Å²) < 4.78 is 4.62. The molecule has 46 valence electrons. The molecular weight excluding hydrogens is 223 g/mol. The Balaban J connectivity index is 3.40. The maximum atomic E-state index is 9.68. The van der Waals surface area contributed by atoms with Crippen LogP contribution in [0.15, 0.2) is 12.3 Å². The second kappa shape index (κ2) is 3.71. The molecule has 0 atom stereocenters. The van der Waals surface area contributed by atoms with E-state index in [2.05, 4.69) is 11.3 Å². The Morgan fingerprint density at radius 2 is 2.38 bits per heavy atom. The highest BCUT2D eigenvalue weighted by Crippen LogP contribution is 1.97. The van der Waals surface area contributed by atoms with Gasteiger partial charge in [-0.2, -0.15) is 0 Å². The van der Waals surface area contributed by atoms with Gasteiger partial charge >= 0.3 is 6.16 Å². The minimum absolute atomic E-state index is 0.262. The van der Waals surface area contributed by atoms with Crippen LogP contribution in [0.25, 0.3) is 0 Å². The molecule has 4 heteroatoms. The van der Waals surface area contributed by atoms with Crippen molar-refractivity contribution in [3.05, 3.63) is 12.3 Å². The van der Waals surface area contributed by atoms with Crippen molar-refractivity contribution in [3.63, 3.8) is 0 Å². The molecule has 0 aromatic carbocycles. The van der Waals surface area contributed by atoms with Gasteiger partial charge < -0.3 is 9.84 Å². The average molecular weight is 228 g/mol. The third-order valence-corrected chi connectivity index (χ3v) is 1.23. The maximum Gasteiger partial charge on any atom is 0.511 e. The molecule has 0 unspecified atom stereocenters. The first-order valence-electron chi connectivity index (χ1n) is 1.81. The van der Waals surface area contributed by atoms with Gasteiger partial charge in [0.25, 0.3) is 0 Å². The van der Waals surface area contributed by atoms with Crippen molar-refractivity contribution in [2.75, 3.05) is 4.43 Å². The highest BCUT2D eigenvalue weighted by Gasteiger charge is 1.97. The molecule has 8 heavy (non-hydrogen) atoms. The molecule has 0 aliphatic heterocycles. The number of allylic oxidation sites excluding steroid dienone is 1. The molecular formula is C4H5IO3. The number of carbonyl (C=O) groups is 1. The standard InChI is InChI=1S/C4H5IO3/c1-3(2-5)8-4(6)7/h1-2H2,(H,6,7). The van der Waals surface area contributed by atoms with Crippen LogP contribution in [0.2, 0.25) is 0 Å². The second-order valence-electron chi connectivity index (χ2n) is 1.04. The van der Waals surface area contributed by atoms with Crippen LogP contribution >= 0.6 is 22.6 Å². The zero-order valence-electron chi connectivity index (χ0n) is 4.06. The van der Waals surface area contributed by atoms with Gasteiger partial charge in [-0.25, -0.2) is 4.79 Å². The molecule has 0 aromatic rings. The Hall–Kier alpha value is -0.260. The molecule has 1 N–H and O–H groups in total. The summed E-state index contributed by atoms with van der Waals surface area (Å²) in [7, 11) is 0. The van der Waals surface area contributed by atoms with Crippen LogP contribution in [-0.2, 0) is 4.74 Å². The highest BCUT2D eigenvalue weighted by atomic mass is 127. The Labute approximate surface area is 60.5 Å². The Kier molecular flexibility index (Phi) is 3.59. The number of hydrogen-bond acceptors (Lipinski definition) is 2. The van der Waals surface area contributed by atoms with Crippen LogP contribution in [0.1, 0.15) is 0 Å². The summed E-state index contributed by atoms with van der Waals surface area (Å²) in [6.07, 6.45) is -1.30. The number of hydrogen-bond donors (Lipinski definition) is 1. The number of alkyl halides is 1. The maximum absolute atomic E-state index is 9.68. The monoisotopic (exact) mass is 228 g/mol. The van der Waals surface area contributed by atoms with Crippen molar-refractivity contribution in [1.29, 1.82) is 0 Å². The fourth-order valence-electron chi connectivity index (χ4n) is 0.151. The van der Waals surface area contributed by atoms with Gasteiger partial charge in [0, 0.05) is 0 Å². The molecule has 0 rings (SSSR count). The van der Waals surface area contributed by atoms with E-state index in [1.807, 2.05) is 22.6 Å². The molecule has 3 nitrogen and oxygen atoms in total. The molecule has 0 aliphatic carbocycles. The van der Waals surface area contributed by atoms with Crippen LogP contribution in [0.5, 0.6) is 0 Å². The summed E-state index contributed by atoms with van der Waals surface area (Å²) in [5.41, 5.74) is 0. The lowest BCUT2D eigenvalue weighted by atomic mass is 10.7. The Morgan fingerprint density at radius 1 is 1.88 bits per heavy atom. The topological polar surface area (TPSA) is 46.5 Å². The van der Waals surface area contributed by atoms with E-state index < -0.39 is 6.16 Å². The zero-order chi connectivity index (χ0) is 6.57. The average Bonchev–Trinajstić information content (AvgIpc) is 1.65. The van der Waals surface area contributed by atoms with Crippen LogP contribution < -0.4 is 0 Å². The van der Waals surface area contributed by atoms with Crippen molar-refractivity contribution >= 4 is 28.7 Å². The first-order valence-corrected chi connectivity index (χ1v) is 3.34. The van der Waals surface area contributed by atoms with E-state index in [0.717, 1.165) is 0 Å². The normalized spacial score (nSPS) is 8.12. The van der Waals surface area contributed by atoms with Gasteiger partial charge in [0.05, 0.1) is 4.43 Å². The van der Waals surface area contributed by atoms with Crippen LogP contribution in [-0.4, -0.2) is 15.7 Å². The van der Waals surface area contributed by atoms with Crippen molar-refractivity contribution < 1.29 is 14.6 Å². The van der Waals surface area contributed by atoms with E-state index in [1.54, 1.807) is 0 Å². The van der Waals surface area contributed by atoms with Crippen molar-refractivity contribution in [2.24, 2.45) is 0 Å². The van der Waals surface area contributed by atoms with Crippen molar-refractivity contribution in [1.82, 2.24) is 0 Å². The van der Waals surface area contributed by atoms with E-state index >= 15 is 0 Å². The zero-order valence-corrected chi connectivity index (χ0v) is 6.21. The third kappa shape index (κ3) is 3.91. The third-order valence-electron chi connectivity index (χ3n) is 0.381. The predicted molar refractivity (Wildman–Crippen MR) is 37.1 cm³/mol. The largest absolute Gasteiger partial charge is 0.511 e.